The molecule has 1 unspecified atom stereocenters. The third-order valence-corrected chi connectivity index (χ3v) is 4.66. The van der Waals surface area contributed by atoms with E-state index in [0.717, 1.165) is 21.5 Å². The van der Waals surface area contributed by atoms with Crippen molar-refractivity contribution in [2.45, 2.75) is 11.2 Å². The van der Waals surface area contributed by atoms with E-state index in [4.69, 9.17) is 11.6 Å². The second-order valence-electron chi connectivity index (χ2n) is 3.47. The number of hydrogen-bond donors (Lipinski definition) is 0. The Morgan fingerprint density at radius 3 is 2.75 bits per heavy atom. The molecule has 0 aliphatic carbocycles. The van der Waals surface area contributed by atoms with E-state index in [0.29, 0.717) is 0 Å². The normalized spacial score (nSPS) is 12.7. The fourth-order valence-electron chi connectivity index (χ4n) is 1.48. The fraction of sp³-hybridized carbons (Fsp3) is 0.167. The first-order valence-electron chi connectivity index (χ1n) is 4.77. The molecular formula is C12H9Br2ClS. The molecule has 0 radical (unpaired) electrons. The molecule has 0 nitrogen and oxygen atoms in total. The van der Waals surface area contributed by atoms with E-state index >= 15 is 0 Å². The summed E-state index contributed by atoms with van der Waals surface area (Å²) in [4.78, 5) is 0.266. The van der Waals surface area contributed by atoms with Crippen molar-refractivity contribution in [3.63, 3.8) is 0 Å². The fourth-order valence-corrected chi connectivity index (χ4v) is 3.87. The Balaban J connectivity index is 2.17. The van der Waals surface area contributed by atoms with E-state index in [2.05, 4.69) is 54.8 Å². The number of thiophene rings is 1. The molecule has 0 spiro atoms. The van der Waals surface area contributed by atoms with Crippen molar-refractivity contribution < 1.29 is 0 Å². The summed E-state index contributed by atoms with van der Waals surface area (Å²) in [6.07, 6.45) is 0.963. The van der Waals surface area contributed by atoms with Crippen LogP contribution in [0.2, 0.25) is 5.02 Å². The molecule has 4 heteroatoms. The highest BCUT2D eigenvalue weighted by molar-refractivity contribution is 9.10. The number of rotatable bonds is 3. The highest BCUT2D eigenvalue weighted by Crippen LogP contribution is 2.34. The molecule has 0 saturated carbocycles. The molecule has 84 valence electrons. The number of benzene rings is 1. The van der Waals surface area contributed by atoms with E-state index in [-0.39, 0.29) is 4.83 Å². The molecule has 0 aliphatic rings. The van der Waals surface area contributed by atoms with Crippen LogP contribution < -0.4 is 0 Å². The van der Waals surface area contributed by atoms with E-state index in [1.54, 1.807) is 11.3 Å². The van der Waals surface area contributed by atoms with Crippen LogP contribution in [0.15, 0.2) is 39.5 Å². The van der Waals surface area contributed by atoms with Crippen LogP contribution in [-0.4, -0.2) is 0 Å². The third kappa shape index (κ3) is 3.10. The van der Waals surface area contributed by atoms with Gasteiger partial charge in [0.1, 0.15) is 0 Å². The van der Waals surface area contributed by atoms with Crippen LogP contribution in [0, 0.1) is 0 Å². The van der Waals surface area contributed by atoms with Crippen molar-refractivity contribution in [2.75, 3.05) is 0 Å². The first-order chi connectivity index (χ1) is 7.66. The van der Waals surface area contributed by atoms with E-state index < -0.39 is 0 Å². The molecule has 2 aromatic rings. The first kappa shape index (κ1) is 12.6. The molecule has 0 N–H and O–H groups in total. The largest absolute Gasteiger partial charge is 0.152 e. The highest BCUT2D eigenvalue weighted by atomic mass is 79.9. The summed E-state index contributed by atoms with van der Waals surface area (Å²) < 4.78 is 1.01. The monoisotopic (exact) mass is 378 g/mol. The van der Waals surface area contributed by atoms with Crippen LogP contribution >= 0.6 is 54.8 Å². The quantitative estimate of drug-likeness (QED) is 0.587. The third-order valence-electron chi connectivity index (χ3n) is 2.29. The van der Waals surface area contributed by atoms with Crippen molar-refractivity contribution >= 4 is 54.8 Å². The zero-order valence-corrected chi connectivity index (χ0v) is 13.0. The molecule has 0 bridgehead atoms. The Bertz CT molecular complexity index is 468. The lowest BCUT2D eigenvalue weighted by Gasteiger charge is -2.11. The van der Waals surface area contributed by atoms with Gasteiger partial charge in [-0.05, 0) is 46.5 Å². The predicted octanol–water partition coefficient (Wildman–Crippen LogP) is 5.84. The van der Waals surface area contributed by atoms with E-state index in [1.807, 2.05) is 12.1 Å². The molecule has 0 aliphatic heterocycles. The minimum Gasteiger partial charge on any atom is -0.152 e. The SMILES string of the molecule is Clc1cc(Br)ccc1C(Br)Cc1ccsc1. The van der Waals surface area contributed by atoms with Crippen LogP contribution in [0.3, 0.4) is 0 Å². The lowest BCUT2D eigenvalue weighted by molar-refractivity contribution is 0.954. The first-order valence-corrected chi connectivity index (χ1v) is 7.80. The van der Waals surface area contributed by atoms with Gasteiger partial charge in [-0.2, -0.15) is 11.3 Å². The van der Waals surface area contributed by atoms with Gasteiger partial charge in [-0.25, -0.2) is 0 Å². The highest BCUT2D eigenvalue weighted by Gasteiger charge is 2.12. The van der Waals surface area contributed by atoms with Gasteiger partial charge in [0.15, 0.2) is 0 Å². The molecule has 1 aromatic heterocycles. The van der Waals surface area contributed by atoms with Crippen LogP contribution in [0.5, 0.6) is 0 Å². The maximum Gasteiger partial charge on any atom is 0.0460 e. The second kappa shape index (κ2) is 5.67. The topological polar surface area (TPSA) is 0 Å². The summed E-state index contributed by atoms with van der Waals surface area (Å²) in [5.41, 5.74) is 2.47. The summed E-state index contributed by atoms with van der Waals surface area (Å²) >= 11 is 15.0. The summed E-state index contributed by atoms with van der Waals surface area (Å²) in [5, 5.41) is 5.06. The lowest BCUT2D eigenvalue weighted by atomic mass is 10.1. The van der Waals surface area contributed by atoms with Crippen molar-refractivity contribution in [1.29, 1.82) is 0 Å². The average Bonchev–Trinajstić information content (AvgIpc) is 2.70. The summed E-state index contributed by atoms with van der Waals surface area (Å²) in [6.45, 7) is 0. The molecule has 1 atom stereocenters. The Kier molecular flexibility index (Phi) is 4.48. The maximum atomic E-state index is 6.21. The van der Waals surface area contributed by atoms with Crippen LogP contribution in [0.4, 0.5) is 0 Å². The van der Waals surface area contributed by atoms with Crippen molar-refractivity contribution in [3.05, 3.63) is 55.6 Å². The number of alkyl halides is 1. The minimum absolute atomic E-state index is 0.266. The van der Waals surface area contributed by atoms with Gasteiger partial charge in [-0.1, -0.05) is 49.5 Å². The van der Waals surface area contributed by atoms with Crippen molar-refractivity contribution in [1.82, 2.24) is 0 Å². The van der Waals surface area contributed by atoms with Gasteiger partial charge in [-0.3, -0.25) is 0 Å². The summed E-state index contributed by atoms with van der Waals surface area (Å²) in [7, 11) is 0. The van der Waals surface area contributed by atoms with Gasteiger partial charge < -0.3 is 0 Å². The van der Waals surface area contributed by atoms with Crippen LogP contribution in [-0.2, 0) is 6.42 Å². The predicted molar refractivity (Wildman–Crippen MR) is 78.8 cm³/mol. The second-order valence-corrected chi connectivity index (χ2v) is 6.68. The van der Waals surface area contributed by atoms with E-state index in [9.17, 15) is 0 Å². The molecule has 2 rings (SSSR count). The van der Waals surface area contributed by atoms with Gasteiger partial charge in [-0.15, -0.1) is 0 Å². The van der Waals surface area contributed by atoms with Crippen LogP contribution in [0.1, 0.15) is 16.0 Å². The Labute approximate surface area is 121 Å². The Morgan fingerprint density at radius 2 is 2.12 bits per heavy atom. The lowest BCUT2D eigenvalue weighted by Crippen LogP contribution is -1.95. The van der Waals surface area contributed by atoms with Gasteiger partial charge in [0.25, 0.3) is 0 Å². The van der Waals surface area contributed by atoms with Crippen LogP contribution in [0.25, 0.3) is 0 Å². The van der Waals surface area contributed by atoms with Gasteiger partial charge >= 0.3 is 0 Å². The molecule has 1 heterocycles. The molecule has 0 fully saturated rings. The van der Waals surface area contributed by atoms with Gasteiger partial charge in [0.05, 0.1) is 0 Å². The van der Waals surface area contributed by atoms with Crippen molar-refractivity contribution in [3.8, 4) is 0 Å². The maximum absolute atomic E-state index is 6.21. The molecule has 1 aromatic carbocycles. The zero-order valence-electron chi connectivity index (χ0n) is 8.29. The standard InChI is InChI=1S/C12H9Br2ClS/c13-9-1-2-10(12(15)6-9)11(14)5-8-3-4-16-7-8/h1-4,6-7,11H,5H2. The van der Waals surface area contributed by atoms with Gasteiger partial charge in [0, 0.05) is 14.3 Å². The summed E-state index contributed by atoms with van der Waals surface area (Å²) in [5.74, 6) is 0. The summed E-state index contributed by atoms with van der Waals surface area (Å²) in [6, 6.07) is 8.14. The van der Waals surface area contributed by atoms with Crippen molar-refractivity contribution in [2.24, 2.45) is 0 Å². The molecule has 0 saturated heterocycles. The van der Waals surface area contributed by atoms with Gasteiger partial charge in [0.2, 0.25) is 0 Å². The molecule has 16 heavy (non-hydrogen) atoms. The minimum atomic E-state index is 0.266. The smallest absolute Gasteiger partial charge is 0.0460 e. The number of halogens is 3. The Hall–Kier alpha value is 0.170. The average molecular weight is 381 g/mol. The van der Waals surface area contributed by atoms with E-state index in [1.165, 1.54) is 5.56 Å². The molecule has 0 amide bonds. The number of hydrogen-bond acceptors (Lipinski definition) is 1. The molecular weight excluding hydrogens is 371 g/mol. The Morgan fingerprint density at radius 1 is 1.31 bits per heavy atom. The zero-order chi connectivity index (χ0) is 11.5.